The fraction of sp³-hybridized carbons (Fsp3) is 0. The molecule has 0 atom stereocenters. The summed E-state index contributed by atoms with van der Waals surface area (Å²) in [4.78, 5) is 0. The lowest BCUT2D eigenvalue weighted by Crippen LogP contribution is -1.91. The Hall–Kier alpha value is -2.62. The van der Waals surface area contributed by atoms with Crippen molar-refractivity contribution in [2.24, 2.45) is 0 Å². The van der Waals surface area contributed by atoms with Crippen LogP contribution in [0, 0.1) is 0 Å². The van der Waals surface area contributed by atoms with Crippen LogP contribution in [0.3, 0.4) is 0 Å². The molecule has 2 N–H and O–H groups in total. The highest BCUT2D eigenvalue weighted by Gasteiger charge is 2.09. The first-order chi connectivity index (χ1) is 8.84. The minimum absolute atomic E-state index is 0.472. The number of benzene rings is 1. The topological polar surface area (TPSA) is 56.2 Å². The summed E-state index contributed by atoms with van der Waals surface area (Å²) < 4.78 is 2.08. The van der Waals surface area contributed by atoms with Gasteiger partial charge in [0.1, 0.15) is 0 Å². The van der Waals surface area contributed by atoms with E-state index in [0.717, 1.165) is 16.3 Å². The van der Waals surface area contributed by atoms with Gasteiger partial charge in [-0.25, -0.2) is 0 Å². The average molecular weight is 234 g/mol. The molecule has 0 aliphatic rings. The average Bonchev–Trinajstić information content (AvgIpc) is 2.79. The van der Waals surface area contributed by atoms with Crippen molar-refractivity contribution in [2.75, 3.05) is 5.73 Å². The maximum absolute atomic E-state index is 5.88. The fourth-order valence-electron chi connectivity index (χ4n) is 2.50. The summed E-state index contributed by atoms with van der Waals surface area (Å²) >= 11 is 0. The van der Waals surface area contributed by atoms with Gasteiger partial charge in [-0.05, 0) is 11.5 Å². The van der Waals surface area contributed by atoms with E-state index in [1.54, 1.807) is 6.20 Å². The molecule has 1 aromatic carbocycles. The van der Waals surface area contributed by atoms with Gasteiger partial charge >= 0.3 is 0 Å². The molecule has 0 aliphatic heterocycles. The van der Waals surface area contributed by atoms with Crippen LogP contribution in [-0.4, -0.2) is 14.6 Å². The molecule has 0 unspecified atom stereocenters. The van der Waals surface area contributed by atoms with Gasteiger partial charge < -0.3 is 10.1 Å². The molecule has 0 bridgehead atoms. The van der Waals surface area contributed by atoms with E-state index in [9.17, 15) is 0 Å². The quantitative estimate of drug-likeness (QED) is 0.509. The first-order valence-corrected chi connectivity index (χ1v) is 5.74. The zero-order valence-electron chi connectivity index (χ0n) is 9.54. The summed E-state index contributed by atoms with van der Waals surface area (Å²) in [5.41, 5.74) is 7.01. The second-order valence-corrected chi connectivity index (χ2v) is 4.35. The van der Waals surface area contributed by atoms with Crippen LogP contribution in [0.1, 0.15) is 0 Å². The lowest BCUT2D eigenvalue weighted by atomic mass is 10.1. The van der Waals surface area contributed by atoms with Crippen molar-refractivity contribution in [3.8, 4) is 0 Å². The molecule has 86 valence electrons. The van der Waals surface area contributed by atoms with Gasteiger partial charge in [0.25, 0.3) is 0 Å². The summed E-state index contributed by atoms with van der Waals surface area (Å²) in [5.74, 6) is 0.472. The molecule has 18 heavy (non-hydrogen) atoms. The number of hydrogen-bond acceptors (Lipinski definition) is 3. The van der Waals surface area contributed by atoms with Crippen molar-refractivity contribution in [3.63, 3.8) is 0 Å². The van der Waals surface area contributed by atoms with Crippen LogP contribution in [0.25, 0.3) is 27.1 Å². The zero-order chi connectivity index (χ0) is 12.1. The molecule has 0 saturated heterocycles. The molecule has 4 rings (SSSR count). The Kier molecular flexibility index (Phi) is 1.67. The highest BCUT2D eigenvalue weighted by molar-refractivity contribution is 6.12. The van der Waals surface area contributed by atoms with Crippen molar-refractivity contribution >= 4 is 32.9 Å². The highest BCUT2D eigenvalue weighted by Crippen LogP contribution is 2.29. The second-order valence-electron chi connectivity index (χ2n) is 4.35. The Bertz CT molecular complexity index is 892. The van der Waals surface area contributed by atoms with E-state index < -0.39 is 0 Å². The van der Waals surface area contributed by atoms with Crippen molar-refractivity contribution in [1.29, 1.82) is 0 Å². The summed E-state index contributed by atoms with van der Waals surface area (Å²) in [6, 6.07) is 10.4. The number of nitrogens with zero attached hydrogens (tertiary/aromatic N) is 3. The molecular formula is C14H10N4. The molecule has 0 spiro atoms. The fourth-order valence-corrected chi connectivity index (χ4v) is 2.50. The maximum atomic E-state index is 5.88. The van der Waals surface area contributed by atoms with Gasteiger partial charge in [0, 0.05) is 28.6 Å². The number of anilines is 1. The molecule has 4 aromatic rings. The molecule has 0 fully saturated rings. The van der Waals surface area contributed by atoms with Gasteiger partial charge in [-0.1, -0.05) is 24.3 Å². The first-order valence-electron chi connectivity index (χ1n) is 5.74. The normalized spacial score (nSPS) is 11.6. The summed E-state index contributed by atoms with van der Waals surface area (Å²) in [6.07, 6.45) is 5.81. The molecule has 0 saturated carbocycles. The maximum Gasteiger partial charge on any atom is 0.155 e. The van der Waals surface area contributed by atoms with Gasteiger partial charge in [-0.2, -0.15) is 5.10 Å². The molecule has 0 radical (unpaired) electrons. The Morgan fingerprint density at radius 2 is 1.89 bits per heavy atom. The van der Waals surface area contributed by atoms with Crippen LogP contribution in [-0.2, 0) is 0 Å². The summed E-state index contributed by atoms with van der Waals surface area (Å²) in [6.45, 7) is 0. The van der Waals surface area contributed by atoms with E-state index in [4.69, 9.17) is 5.73 Å². The third kappa shape index (κ3) is 1.09. The number of pyridine rings is 1. The van der Waals surface area contributed by atoms with Gasteiger partial charge in [-0.15, -0.1) is 5.10 Å². The van der Waals surface area contributed by atoms with E-state index in [-0.39, 0.29) is 0 Å². The number of rotatable bonds is 0. The van der Waals surface area contributed by atoms with E-state index in [0.29, 0.717) is 5.82 Å². The second kappa shape index (κ2) is 3.20. The lowest BCUT2D eigenvalue weighted by Gasteiger charge is -2.01. The van der Waals surface area contributed by atoms with E-state index in [1.165, 1.54) is 10.8 Å². The highest BCUT2D eigenvalue weighted by atomic mass is 15.1. The van der Waals surface area contributed by atoms with Gasteiger partial charge in [0.05, 0.1) is 11.7 Å². The summed E-state index contributed by atoms with van der Waals surface area (Å²) in [5, 5.41) is 12.2. The predicted octanol–water partition coefficient (Wildman–Crippen LogP) is 2.62. The van der Waals surface area contributed by atoms with Crippen molar-refractivity contribution < 1.29 is 0 Å². The van der Waals surface area contributed by atoms with Crippen LogP contribution < -0.4 is 5.73 Å². The van der Waals surface area contributed by atoms with E-state index in [2.05, 4.69) is 32.8 Å². The molecule has 4 heteroatoms. The Morgan fingerprint density at radius 3 is 2.83 bits per heavy atom. The molecule has 3 heterocycles. The van der Waals surface area contributed by atoms with Crippen molar-refractivity contribution in [2.45, 2.75) is 0 Å². The van der Waals surface area contributed by atoms with Crippen LogP contribution >= 0.6 is 0 Å². The smallest absolute Gasteiger partial charge is 0.155 e. The molecule has 0 amide bonds. The third-order valence-corrected chi connectivity index (χ3v) is 3.33. The van der Waals surface area contributed by atoms with Crippen LogP contribution in [0.4, 0.5) is 5.82 Å². The number of nitrogens with two attached hydrogens (primary N) is 1. The van der Waals surface area contributed by atoms with Crippen molar-refractivity contribution in [1.82, 2.24) is 14.6 Å². The van der Waals surface area contributed by atoms with Crippen LogP contribution in [0.2, 0.25) is 0 Å². The van der Waals surface area contributed by atoms with Gasteiger partial charge in [-0.3, -0.25) is 0 Å². The first kappa shape index (κ1) is 9.41. The van der Waals surface area contributed by atoms with Crippen molar-refractivity contribution in [3.05, 3.63) is 48.9 Å². The predicted molar refractivity (Wildman–Crippen MR) is 72.4 cm³/mol. The minimum Gasteiger partial charge on any atom is -0.382 e. The molecule has 3 aromatic heterocycles. The molecule has 4 nitrogen and oxygen atoms in total. The zero-order valence-corrected chi connectivity index (χ0v) is 9.54. The standard InChI is InChI=1S/C14H10N4/c15-14-12-8-18-6-5-9-3-1-2-4-10(9)13(18)11(12)7-16-17-14/h1-8H,(H2,15,17). The SMILES string of the molecule is Nc1nncc2c1cn1ccc3ccccc3c21. The number of nitrogen functional groups attached to an aromatic ring is 1. The lowest BCUT2D eigenvalue weighted by molar-refractivity contribution is 1.06. The van der Waals surface area contributed by atoms with Gasteiger partial charge in [0.2, 0.25) is 0 Å². The molecular weight excluding hydrogens is 224 g/mol. The van der Waals surface area contributed by atoms with Gasteiger partial charge in [0.15, 0.2) is 5.82 Å². The number of hydrogen-bond donors (Lipinski definition) is 1. The molecule has 0 aliphatic carbocycles. The number of fused-ring (bicyclic) bond motifs is 5. The van der Waals surface area contributed by atoms with E-state index >= 15 is 0 Å². The third-order valence-electron chi connectivity index (χ3n) is 3.33. The van der Waals surface area contributed by atoms with Crippen LogP contribution in [0.5, 0.6) is 0 Å². The van der Waals surface area contributed by atoms with E-state index in [1.807, 2.05) is 24.5 Å². The minimum atomic E-state index is 0.472. The summed E-state index contributed by atoms with van der Waals surface area (Å²) in [7, 11) is 0. The Labute approximate surface area is 103 Å². The largest absolute Gasteiger partial charge is 0.382 e. The monoisotopic (exact) mass is 234 g/mol. The number of aromatic nitrogens is 3. The Morgan fingerprint density at radius 1 is 1.00 bits per heavy atom. The Balaban J connectivity index is 2.37. The van der Waals surface area contributed by atoms with Crippen LogP contribution in [0.15, 0.2) is 48.9 Å².